The van der Waals surface area contributed by atoms with E-state index in [4.69, 9.17) is 5.11 Å². The standard InChI is InChI=1S/C14H16FNO3/c1-8-5-10(6-9(2)11(8)15)12(17)16-7-14(3-4-14)13(18)19/h5-6H,3-4,7H2,1-2H3,(H,16,17)(H,18,19). The lowest BCUT2D eigenvalue weighted by Crippen LogP contribution is -2.34. The van der Waals surface area contributed by atoms with Crippen LogP contribution in [0.1, 0.15) is 34.3 Å². The van der Waals surface area contributed by atoms with Crippen LogP contribution in [0.3, 0.4) is 0 Å². The average molecular weight is 265 g/mol. The maximum absolute atomic E-state index is 13.5. The summed E-state index contributed by atoms with van der Waals surface area (Å²) in [7, 11) is 0. The van der Waals surface area contributed by atoms with Crippen molar-refractivity contribution in [2.75, 3.05) is 6.54 Å². The highest BCUT2D eigenvalue weighted by Crippen LogP contribution is 2.45. The van der Waals surface area contributed by atoms with Gasteiger partial charge in [0.05, 0.1) is 5.41 Å². The number of aryl methyl sites for hydroxylation is 2. The summed E-state index contributed by atoms with van der Waals surface area (Å²) in [5.41, 5.74) is 0.381. The van der Waals surface area contributed by atoms with Crippen molar-refractivity contribution in [1.82, 2.24) is 5.32 Å². The fourth-order valence-corrected chi connectivity index (χ4v) is 2.05. The fourth-order valence-electron chi connectivity index (χ4n) is 2.05. The van der Waals surface area contributed by atoms with Crippen LogP contribution in [-0.2, 0) is 4.79 Å². The fraction of sp³-hybridized carbons (Fsp3) is 0.429. The van der Waals surface area contributed by atoms with Gasteiger partial charge in [-0.15, -0.1) is 0 Å². The maximum atomic E-state index is 13.5. The van der Waals surface area contributed by atoms with Crippen molar-refractivity contribution in [1.29, 1.82) is 0 Å². The molecule has 1 aliphatic rings. The van der Waals surface area contributed by atoms with Crippen LogP contribution in [0.4, 0.5) is 4.39 Å². The number of carboxylic acid groups (broad SMARTS) is 1. The number of carbonyl (C=O) groups is 2. The van der Waals surface area contributed by atoms with E-state index in [9.17, 15) is 14.0 Å². The second-order valence-corrected chi connectivity index (χ2v) is 5.19. The molecule has 0 spiro atoms. The number of hydrogen-bond acceptors (Lipinski definition) is 2. The molecule has 0 unspecified atom stereocenters. The minimum absolute atomic E-state index is 0.122. The zero-order valence-electron chi connectivity index (χ0n) is 10.9. The smallest absolute Gasteiger partial charge is 0.311 e. The van der Waals surface area contributed by atoms with Crippen molar-refractivity contribution in [3.05, 3.63) is 34.6 Å². The minimum Gasteiger partial charge on any atom is -0.481 e. The monoisotopic (exact) mass is 265 g/mol. The van der Waals surface area contributed by atoms with Gasteiger partial charge in [0.2, 0.25) is 0 Å². The van der Waals surface area contributed by atoms with Gasteiger partial charge in [-0.25, -0.2) is 4.39 Å². The molecule has 102 valence electrons. The molecule has 0 atom stereocenters. The summed E-state index contributed by atoms with van der Waals surface area (Å²) < 4.78 is 13.5. The minimum atomic E-state index is -0.876. The molecule has 4 nitrogen and oxygen atoms in total. The van der Waals surface area contributed by atoms with Crippen LogP contribution in [0, 0.1) is 25.1 Å². The highest BCUT2D eigenvalue weighted by atomic mass is 19.1. The van der Waals surface area contributed by atoms with Gasteiger partial charge in [0.1, 0.15) is 5.82 Å². The first-order chi connectivity index (χ1) is 8.85. The van der Waals surface area contributed by atoms with Gasteiger partial charge in [-0.2, -0.15) is 0 Å². The highest BCUT2D eigenvalue weighted by Gasteiger charge is 2.50. The summed E-state index contributed by atoms with van der Waals surface area (Å²) in [5, 5.41) is 11.6. The molecule has 0 radical (unpaired) electrons. The predicted molar refractivity (Wildman–Crippen MR) is 67.5 cm³/mol. The molecule has 1 aromatic rings. The van der Waals surface area contributed by atoms with Gasteiger partial charge in [-0.1, -0.05) is 0 Å². The van der Waals surface area contributed by atoms with E-state index in [2.05, 4.69) is 5.32 Å². The summed E-state index contributed by atoms with van der Waals surface area (Å²) >= 11 is 0. The first-order valence-electron chi connectivity index (χ1n) is 6.14. The van der Waals surface area contributed by atoms with E-state index in [1.165, 1.54) is 12.1 Å². The van der Waals surface area contributed by atoms with Crippen molar-refractivity contribution in [3.63, 3.8) is 0 Å². The molecule has 1 aromatic carbocycles. The summed E-state index contributed by atoms with van der Waals surface area (Å²) in [6.07, 6.45) is 1.17. The van der Waals surface area contributed by atoms with Gasteiger partial charge in [0, 0.05) is 12.1 Å². The van der Waals surface area contributed by atoms with Gasteiger partial charge >= 0.3 is 5.97 Å². The number of carboxylic acids is 1. The molecule has 0 bridgehead atoms. The Morgan fingerprint density at radius 1 is 1.32 bits per heavy atom. The lowest BCUT2D eigenvalue weighted by Gasteiger charge is -2.12. The van der Waals surface area contributed by atoms with Crippen LogP contribution in [0.15, 0.2) is 12.1 Å². The normalized spacial score (nSPS) is 15.9. The molecule has 1 aliphatic carbocycles. The molecule has 5 heteroatoms. The summed E-state index contributed by atoms with van der Waals surface area (Å²) in [6, 6.07) is 2.94. The van der Waals surface area contributed by atoms with Crippen LogP contribution >= 0.6 is 0 Å². The quantitative estimate of drug-likeness (QED) is 0.875. The SMILES string of the molecule is Cc1cc(C(=O)NCC2(C(=O)O)CC2)cc(C)c1F. The summed E-state index contributed by atoms with van der Waals surface area (Å²) in [5.74, 6) is -1.56. The Hall–Kier alpha value is -1.91. The molecular formula is C14H16FNO3. The van der Waals surface area contributed by atoms with Crippen LogP contribution in [0.5, 0.6) is 0 Å². The van der Waals surface area contributed by atoms with E-state index in [-0.39, 0.29) is 18.3 Å². The number of aliphatic carboxylic acids is 1. The van der Waals surface area contributed by atoms with Gasteiger partial charge in [0.15, 0.2) is 0 Å². The topological polar surface area (TPSA) is 66.4 Å². The third-order valence-corrected chi connectivity index (χ3v) is 3.59. The molecule has 1 saturated carbocycles. The van der Waals surface area contributed by atoms with Gasteiger partial charge < -0.3 is 10.4 Å². The van der Waals surface area contributed by atoms with Gasteiger partial charge in [-0.3, -0.25) is 9.59 Å². The molecule has 19 heavy (non-hydrogen) atoms. The summed E-state index contributed by atoms with van der Waals surface area (Å²) in [6.45, 7) is 3.31. The van der Waals surface area contributed by atoms with Crippen molar-refractivity contribution < 1.29 is 19.1 Å². The third kappa shape index (κ3) is 2.59. The van der Waals surface area contributed by atoms with Crippen LogP contribution in [0.2, 0.25) is 0 Å². The van der Waals surface area contributed by atoms with Crippen molar-refractivity contribution in [2.24, 2.45) is 5.41 Å². The Morgan fingerprint density at radius 2 is 1.84 bits per heavy atom. The van der Waals surface area contributed by atoms with Crippen LogP contribution in [0.25, 0.3) is 0 Å². The Morgan fingerprint density at radius 3 is 2.26 bits per heavy atom. The number of halogens is 1. The van der Waals surface area contributed by atoms with Crippen molar-refractivity contribution >= 4 is 11.9 Å². The van der Waals surface area contributed by atoms with E-state index < -0.39 is 11.4 Å². The third-order valence-electron chi connectivity index (χ3n) is 3.59. The van der Waals surface area contributed by atoms with E-state index in [1.807, 2.05) is 0 Å². The van der Waals surface area contributed by atoms with E-state index in [1.54, 1.807) is 13.8 Å². The molecule has 1 fully saturated rings. The molecule has 2 N–H and O–H groups in total. The van der Waals surface area contributed by atoms with Crippen LogP contribution in [-0.4, -0.2) is 23.5 Å². The Bertz CT molecular complexity index is 527. The maximum Gasteiger partial charge on any atom is 0.311 e. The summed E-state index contributed by atoms with van der Waals surface area (Å²) in [4.78, 5) is 22.9. The lowest BCUT2D eigenvalue weighted by molar-refractivity contribution is -0.143. The number of hydrogen-bond donors (Lipinski definition) is 2. The van der Waals surface area contributed by atoms with Crippen molar-refractivity contribution in [2.45, 2.75) is 26.7 Å². The molecule has 2 rings (SSSR count). The Kier molecular flexibility index (Phi) is 3.30. The number of amides is 1. The van der Waals surface area contributed by atoms with Crippen molar-refractivity contribution in [3.8, 4) is 0 Å². The van der Waals surface area contributed by atoms with Crippen LogP contribution < -0.4 is 5.32 Å². The number of rotatable bonds is 4. The number of nitrogens with one attached hydrogen (secondary N) is 1. The first-order valence-corrected chi connectivity index (χ1v) is 6.14. The Balaban J connectivity index is 2.07. The predicted octanol–water partition coefficient (Wildman–Crippen LogP) is 2.04. The first kappa shape index (κ1) is 13.5. The number of carbonyl (C=O) groups excluding carboxylic acids is 1. The zero-order chi connectivity index (χ0) is 14.2. The molecule has 0 aromatic heterocycles. The van der Waals surface area contributed by atoms with Gasteiger partial charge in [0.25, 0.3) is 5.91 Å². The highest BCUT2D eigenvalue weighted by molar-refractivity contribution is 5.95. The number of benzene rings is 1. The largest absolute Gasteiger partial charge is 0.481 e. The second-order valence-electron chi connectivity index (χ2n) is 5.19. The van der Waals surface area contributed by atoms with E-state index >= 15 is 0 Å². The Labute approximate surface area is 110 Å². The molecule has 1 amide bonds. The molecule has 0 saturated heterocycles. The van der Waals surface area contributed by atoms with E-state index in [0.29, 0.717) is 29.5 Å². The molecule has 0 heterocycles. The molecular weight excluding hydrogens is 249 g/mol. The van der Waals surface area contributed by atoms with E-state index in [0.717, 1.165) is 0 Å². The average Bonchev–Trinajstić information content (AvgIpc) is 3.13. The molecule has 0 aliphatic heterocycles. The lowest BCUT2D eigenvalue weighted by atomic mass is 10.0. The second kappa shape index (κ2) is 4.64. The van der Waals surface area contributed by atoms with Gasteiger partial charge in [-0.05, 0) is 49.9 Å². The zero-order valence-corrected chi connectivity index (χ0v) is 10.9.